The van der Waals surface area contributed by atoms with Crippen LogP contribution in [0.5, 0.6) is 11.5 Å². The lowest BCUT2D eigenvalue weighted by molar-refractivity contribution is 0.0651. The SMILES string of the molecule is [2H]OC(=O)c1ccc(Oc2ccc(C(=O)O[2H])c(C(=O)O)c2)cc1C(=O)O. The molecule has 2 rings (SSSR count). The third-order valence-corrected chi connectivity index (χ3v) is 3.12. The van der Waals surface area contributed by atoms with Crippen molar-refractivity contribution in [1.29, 1.82) is 2.86 Å². The molecule has 0 radical (unpaired) electrons. The van der Waals surface area contributed by atoms with Crippen molar-refractivity contribution in [2.45, 2.75) is 0 Å². The van der Waals surface area contributed by atoms with Crippen molar-refractivity contribution < 1.29 is 44.3 Å². The first kappa shape index (κ1) is 14.7. The molecule has 25 heavy (non-hydrogen) atoms. The molecule has 0 aliphatic heterocycles. The van der Waals surface area contributed by atoms with E-state index in [0.717, 1.165) is 24.3 Å². The highest BCUT2D eigenvalue weighted by molar-refractivity contribution is 6.02. The number of hydrogen-bond donors (Lipinski definition) is 4. The normalized spacial score (nSPS) is 10.9. The van der Waals surface area contributed by atoms with Gasteiger partial charge in [-0.3, -0.25) is 0 Å². The van der Waals surface area contributed by atoms with E-state index < -0.39 is 35.0 Å². The van der Waals surface area contributed by atoms with E-state index in [1.54, 1.807) is 0 Å². The van der Waals surface area contributed by atoms with E-state index in [1.807, 2.05) is 0 Å². The minimum absolute atomic E-state index is 0.0545. The molecule has 0 saturated heterocycles. The van der Waals surface area contributed by atoms with Gasteiger partial charge < -0.3 is 25.2 Å². The Hall–Kier alpha value is -3.88. The van der Waals surface area contributed by atoms with Crippen molar-refractivity contribution in [1.82, 2.24) is 0 Å². The van der Waals surface area contributed by atoms with Crippen LogP contribution in [0.15, 0.2) is 36.4 Å². The van der Waals surface area contributed by atoms with Gasteiger partial charge in [0.2, 0.25) is 0 Å². The molecule has 0 aliphatic rings. The first-order valence-electron chi connectivity index (χ1n) is 7.37. The van der Waals surface area contributed by atoms with Gasteiger partial charge in [-0.25, -0.2) is 19.2 Å². The number of carboxylic acid groups (broad SMARTS) is 4. The van der Waals surface area contributed by atoms with Crippen molar-refractivity contribution in [3.05, 3.63) is 58.7 Å². The van der Waals surface area contributed by atoms with Crippen LogP contribution in [0, 0.1) is 0 Å². The average molecular weight is 348 g/mol. The Bertz CT molecular complexity index is 864. The molecule has 9 nitrogen and oxygen atoms in total. The number of rotatable bonds is 6. The summed E-state index contributed by atoms with van der Waals surface area (Å²) in [5, 5.41) is 25.9. The molecule has 2 aromatic rings. The minimum atomic E-state index is -1.47. The van der Waals surface area contributed by atoms with Gasteiger partial charge in [0.15, 0.2) is 0 Å². The lowest BCUT2D eigenvalue weighted by atomic mass is 10.1. The number of benzene rings is 2. The Balaban J connectivity index is 2.42. The van der Waals surface area contributed by atoms with Gasteiger partial charge in [0, 0.05) is 0 Å². The van der Waals surface area contributed by atoms with Gasteiger partial charge >= 0.3 is 23.9 Å². The molecule has 0 amide bonds. The Morgan fingerprint density at radius 2 is 1.08 bits per heavy atom. The largest absolute Gasteiger partial charge is 0.478 e. The molecule has 2 aromatic carbocycles. The van der Waals surface area contributed by atoms with Crippen LogP contribution in [-0.4, -0.2) is 44.3 Å². The van der Waals surface area contributed by atoms with E-state index in [0.29, 0.717) is 0 Å². The molecule has 9 heteroatoms. The summed E-state index contributed by atoms with van der Waals surface area (Å²) in [4.78, 5) is 45.4. The van der Waals surface area contributed by atoms with Crippen LogP contribution in [0.1, 0.15) is 41.4 Å². The van der Waals surface area contributed by atoms with Crippen molar-refractivity contribution in [2.24, 2.45) is 0 Å². The molecule has 0 unspecified atom stereocenters. The van der Waals surface area contributed by atoms with Crippen LogP contribution in [0.25, 0.3) is 2.86 Å². The molecular weight excluding hydrogens is 336 g/mol. The van der Waals surface area contributed by atoms with Crippen LogP contribution in [-0.2, 0) is 0 Å². The highest BCUT2D eigenvalue weighted by Gasteiger charge is 2.19. The van der Waals surface area contributed by atoms with Gasteiger partial charge in [0.05, 0.1) is 22.3 Å². The van der Waals surface area contributed by atoms with Crippen molar-refractivity contribution in [3.8, 4) is 11.5 Å². The van der Waals surface area contributed by atoms with Crippen molar-refractivity contribution >= 4 is 23.9 Å². The van der Waals surface area contributed by atoms with Crippen LogP contribution < -0.4 is 4.74 Å². The van der Waals surface area contributed by atoms with E-state index in [4.69, 9.17) is 7.60 Å². The second kappa shape index (κ2) is 6.71. The molecule has 0 aromatic heterocycles. The van der Waals surface area contributed by atoms with Crippen molar-refractivity contribution in [2.75, 3.05) is 0 Å². The Morgan fingerprint density at radius 3 is 1.40 bits per heavy atom. The van der Waals surface area contributed by atoms with Crippen LogP contribution in [0.2, 0.25) is 0 Å². The van der Waals surface area contributed by atoms with E-state index in [2.05, 4.69) is 10.2 Å². The summed E-state index contributed by atoms with van der Waals surface area (Å²) in [6.45, 7) is 0. The quantitative estimate of drug-likeness (QED) is 0.614. The molecule has 0 aliphatic carbocycles. The molecule has 4 N–H and O–H groups in total. The van der Waals surface area contributed by atoms with Gasteiger partial charge in [0.25, 0.3) is 2.86 Å². The average Bonchev–Trinajstić information content (AvgIpc) is 2.66. The fourth-order valence-corrected chi connectivity index (χ4v) is 2.02. The summed E-state index contributed by atoms with van der Waals surface area (Å²) in [7, 11) is 0. The molecule has 0 heterocycles. The van der Waals surface area contributed by atoms with E-state index >= 15 is 0 Å². The first-order chi connectivity index (χ1) is 12.8. The second-order valence-electron chi connectivity index (χ2n) is 4.70. The summed E-state index contributed by atoms with van der Waals surface area (Å²) in [6.07, 6.45) is 0. The lowest BCUT2D eigenvalue weighted by Crippen LogP contribution is -2.09. The summed E-state index contributed by atoms with van der Waals surface area (Å²) < 4.78 is 18.5. The van der Waals surface area contributed by atoms with Gasteiger partial charge in [-0.2, -0.15) is 0 Å². The maximum atomic E-state index is 11.4. The van der Waals surface area contributed by atoms with E-state index in [1.165, 1.54) is 12.1 Å². The monoisotopic (exact) mass is 348 g/mol. The first-order valence-corrected chi connectivity index (χ1v) is 6.56. The molecule has 128 valence electrons. The highest BCUT2D eigenvalue weighted by Crippen LogP contribution is 2.26. The lowest BCUT2D eigenvalue weighted by Gasteiger charge is -2.10. The van der Waals surface area contributed by atoms with Crippen LogP contribution in [0.3, 0.4) is 0 Å². The minimum Gasteiger partial charge on any atom is -0.478 e. The fraction of sp³-hybridized carbons (Fsp3) is 0. The molecule has 0 spiro atoms. The van der Waals surface area contributed by atoms with E-state index in [-0.39, 0.29) is 22.6 Å². The summed E-state index contributed by atoms with van der Waals surface area (Å²) in [6, 6.07) is 6.54. The number of aromatic carboxylic acids is 4. The van der Waals surface area contributed by atoms with E-state index in [9.17, 15) is 29.4 Å². The molecule has 0 saturated carbocycles. The second-order valence-corrected chi connectivity index (χ2v) is 4.70. The summed E-state index contributed by atoms with van der Waals surface area (Å²) >= 11 is 0. The third-order valence-electron chi connectivity index (χ3n) is 3.12. The maximum absolute atomic E-state index is 11.4. The van der Waals surface area contributed by atoms with Gasteiger partial charge in [-0.15, -0.1) is 0 Å². The van der Waals surface area contributed by atoms with Crippen LogP contribution in [0.4, 0.5) is 0 Å². The number of carbonyl (C=O) groups is 4. The van der Waals surface area contributed by atoms with Gasteiger partial charge in [-0.05, 0) is 36.4 Å². The predicted octanol–water partition coefficient (Wildman–Crippen LogP) is 2.27. The Kier molecular flexibility index (Phi) is 3.94. The topological polar surface area (TPSA) is 158 Å². The zero-order valence-corrected chi connectivity index (χ0v) is 12.2. The number of ether oxygens (including phenoxy) is 1. The number of carboxylic acids is 4. The highest BCUT2D eigenvalue weighted by atomic mass is 16.5. The van der Waals surface area contributed by atoms with Crippen LogP contribution >= 0.6 is 0 Å². The fourth-order valence-electron chi connectivity index (χ4n) is 2.02. The van der Waals surface area contributed by atoms with Gasteiger partial charge in [-0.1, -0.05) is 0 Å². The summed E-state index contributed by atoms with van der Waals surface area (Å²) in [5.74, 6) is -5.40. The standard InChI is InChI=1S/C16H10O9/c17-13(18)9-3-1-7(5-11(9)15(21)22)25-8-2-4-10(14(19)20)12(6-8)16(23)24/h1-6H,(H,17,18)(H,19,20)(H,21,22)(H,23,24)/i/hD2. The van der Waals surface area contributed by atoms with Crippen molar-refractivity contribution in [3.63, 3.8) is 0 Å². The summed E-state index contributed by atoms with van der Waals surface area (Å²) in [5.41, 5.74) is -1.72. The molecule has 0 fully saturated rings. The molecule has 0 atom stereocenters. The maximum Gasteiger partial charge on any atom is 0.336 e. The zero-order valence-electron chi connectivity index (χ0n) is 14.2. The molecular formula is C16H10O9. The Morgan fingerprint density at radius 1 is 0.680 bits per heavy atom. The third kappa shape index (κ3) is 3.72. The Labute approximate surface area is 142 Å². The number of hydrogen-bond acceptors (Lipinski definition) is 7. The van der Waals surface area contributed by atoms with Gasteiger partial charge in [0.1, 0.15) is 11.5 Å². The molecule has 0 bridgehead atoms. The predicted molar refractivity (Wildman–Crippen MR) is 80.8 cm³/mol. The zero-order chi connectivity index (χ0) is 20.1. The smallest absolute Gasteiger partial charge is 0.336 e.